The first-order valence-corrected chi connectivity index (χ1v) is 5.97. The minimum absolute atomic E-state index is 0.312. The fourth-order valence-corrected chi connectivity index (χ4v) is 1.91. The standard InChI is InChI=1S/C14H11F3N4/c1-8-4-10(12(19)7-20-8)11(5-18)9-2-3-13(21-6-9)14(15,16)17/h2-4,6-7,11H,19H2,1H3. The number of nitrogens with zero attached hydrogens (tertiary/aromatic N) is 3. The van der Waals surface area contributed by atoms with Crippen molar-refractivity contribution in [1.82, 2.24) is 9.97 Å². The lowest BCUT2D eigenvalue weighted by Crippen LogP contribution is -2.09. The molecular weight excluding hydrogens is 281 g/mol. The number of anilines is 1. The molecule has 0 aliphatic carbocycles. The summed E-state index contributed by atoms with van der Waals surface area (Å²) in [4.78, 5) is 7.36. The lowest BCUT2D eigenvalue weighted by atomic mass is 9.92. The van der Waals surface area contributed by atoms with Gasteiger partial charge in [0, 0.05) is 17.5 Å². The average Bonchev–Trinajstić information content (AvgIpc) is 2.43. The molecule has 2 heterocycles. The molecule has 2 rings (SSSR count). The Hall–Kier alpha value is -2.62. The molecule has 4 nitrogen and oxygen atoms in total. The fourth-order valence-electron chi connectivity index (χ4n) is 1.91. The Kier molecular flexibility index (Phi) is 3.80. The summed E-state index contributed by atoms with van der Waals surface area (Å²) in [6.07, 6.45) is -2.04. The highest BCUT2D eigenvalue weighted by Crippen LogP contribution is 2.31. The highest BCUT2D eigenvalue weighted by atomic mass is 19.4. The normalized spacial score (nSPS) is 12.7. The van der Waals surface area contributed by atoms with Crippen LogP contribution in [0.2, 0.25) is 0 Å². The van der Waals surface area contributed by atoms with E-state index in [0.717, 1.165) is 12.3 Å². The molecule has 2 aromatic heterocycles. The molecule has 21 heavy (non-hydrogen) atoms. The second kappa shape index (κ2) is 5.40. The van der Waals surface area contributed by atoms with Gasteiger partial charge < -0.3 is 5.73 Å². The molecule has 0 fully saturated rings. The van der Waals surface area contributed by atoms with Crippen LogP contribution in [0.25, 0.3) is 0 Å². The van der Waals surface area contributed by atoms with Crippen molar-refractivity contribution < 1.29 is 13.2 Å². The Bertz CT molecular complexity index is 687. The zero-order valence-electron chi connectivity index (χ0n) is 11.0. The van der Waals surface area contributed by atoms with Crippen LogP contribution in [0.1, 0.15) is 28.4 Å². The molecular formula is C14H11F3N4. The second-order valence-electron chi connectivity index (χ2n) is 4.49. The van der Waals surface area contributed by atoms with Crippen LogP contribution in [-0.2, 0) is 6.18 Å². The van der Waals surface area contributed by atoms with Crippen molar-refractivity contribution in [3.05, 3.63) is 53.1 Å². The third-order valence-corrected chi connectivity index (χ3v) is 2.96. The Labute approximate surface area is 119 Å². The number of aryl methyl sites for hydroxylation is 1. The molecule has 7 heteroatoms. The minimum Gasteiger partial charge on any atom is -0.397 e. The van der Waals surface area contributed by atoms with Gasteiger partial charge in [-0.1, -0.05) is 6.07 Å². The SMILES string of the molecule is Cc1cc(C(C#N)c2ccc(C(F)(F)F)nc2)c(N)cn1. The van der Waals surface area contributed by atoms with E-state index in [2.05, 4.69) is 9.97 Å². The van der Waals surface area contributed by atoms with Gasteiger partial charge in [0.2, 0.25) is 0 Å². The number of nitrogens with two attached hydrogens (primary N) is 1. The smallest absolute Gasteiger partial charge is 0.397 e. The molecule has 0 amide bonds. The number of nitriles is 1. The molecule has 1 unspecified atom stereocenters. The zero-order valence-corrected chi connectivity index (χ0v) is 11.0. The van der Waals surface area contributed by atoms with E-state index < -0.39 is 17.8 Å². The first-order chi connectivity index (χ1) is 9.82. The van der Waals surface area contributed by atoms with E-state index in [1.807, 2.05) is 6.07 Å². The van der Waals surface area contributed by atoms with Gasteiger partial charge in [0.05, 0.1) is 23.9 Å². The lowest BCUT2D eigenvalue weighted by molar-refractivity contribution is -0.141. The molecule has 0 aliphatic heterocycles. The predicted molar refractivity (Wildman–Crippen MR) is 70.1 cm³/mol. The van der Waals surface area contributed by atoms with Crippen LogP contribution in [0.4, 0.5) is 18.9 Å². The summed E-state index contributed by atoms with van der Waals surface area (Å²) in [5.74, 6) is -0.790. The summed E-state index contributed by atoms with van der Waals surface area (Å²) in [5, 5.41) is 9.30. The number of nitrogen functional groups attached to an aromatic ring is 1. The first kappa shape index (κ1) is 14.8. The molecule has 0 radical (unpaired) electrons. The maximum atomic E-state index is 12.5. The summed E-state index contributed by atoms with van der Waals surface area (Å²) >= 11 is 0. The van der Waals surface area contributed by atoms with Crippen LogP contribution < -0.4 is 5.73 Å². The van der Waals surface area contributed by atoms with Gasteiger partial charge in [0.25, 0.3) is 0 Å². The van der Waals surface area contributed by atoms with Crippen molar-refractivity contribution in [3.63, 3.8) is 0 Å². The number of hydrogen-bond donors (Lipinski definition) is 1. The summed E-state index contributed by atoms with van der Waals surface area (Å²) in [6.45, 7) is 1.74. The zero-order chi connectivity index (χ0) is 15.6. The summed E-state index contributed by atoms with van der Waals surface area (Å²) in [6, 6.07) is 5.76. The van der Waals surface area contributed by atoms with Crippen LogP contribution in [-0.4, -0.2) is 9.97 Å². The summed E-state index contributed by atoms with van der Waals surface area (Å²) in [7, 11) is 0. The Morgan fingerprint density at radius 3 is 2.48 bits per heavy atom. The molecule has 0 aromatic carbocycles. The monoisotopic (exact) mass is 292 g/mol. The molecule has 108 valence electrons. The van der Waals surface area contributed by atoms with E-state index in [1.165, 1.54) is 12.3 Å². The average molecular weight is 292 g/mol. The topological polar surface area (TPSA) is 75.6 Å². The molecule has 0 bridgehead atoms. The third kappa shape index (κ3) is 3.11. The summed E-state index contributed by atoms with van der Waals surface area (Å²) in [5.41, 5.74) is 6.62. The fraction of sp³-hybridized carbons (Fsp3) is 0.214. The highest BCUT2D eigenvalue weighted by Gasteiger charge is 2.32. The molecule has 0 spiro atoms. The van der Waals surface area contributed by atoms with Crippen molar-refractivity contribution in [3.8, 4) is 6.07 Å². The van der Waals surface area contributed by atoms with Gasteiger partial charge in [-0.25, -0.2) is 0 Å². The first-order valence-electron chi connectivity index (χ1n) is 5.97. The van der Waals surface area contributed by atoms with Crippen LogP contribution in [0.15, 0.2) is 30.6 Å². The molecule has 2 aromatic rings. The van der Waals surface area contributed by atoms with E-state index in [0.29, 0.717) is 22.5 Å². The van der Waals surface area contributed by atoms with Crippen LogP contribution in [0, 0.1) is 18.3 Å². The Morgan fingerprint density at radius 1 is 1.24 bits per heavy atom. The van der Waals surface area contributed by atoms with E-state index in [1.54, 1.807) is 13.0 Å². The Balaban J connectivity index is 2.43. The lowest BCUT2D eigenvalue weighted by Gasteiger charge is -2.13. The van der Waals surface area contributed by atoms with Crippen molar-refractivity contribution in [2.24, 2.45) is 0 Å². The van der Waals surface area contributed by atoms with E-state index in [-0.39, 0.29) is 0 Å². The third-order valence-electron chi connectivity index (χ3n) is 2.96. The quantitative estimate of drug-likeness (QED) is 0.923. The highest BCUT2D eigenvalue weighted by molar-refractivity contribution is 5.53. The minimum atomic E-state index is -4.51. The van der Waals surface area contributed by atoms with Gasteiger partial charge >= 0.3 is 6.18 Å². The van der Waals surface area contributed by atoms with Gasteiger partial charge in [-0.15, -0.1) is 0 Å². The molecule has 0 aliphatic rings. The largest absolute Gasteiger partial charge is 0.433 e. The second-order valence-corrected chi connectivity index (χ2v) is 4.49. The number of aromatic nitrogens is 2. The van der Waals surface area contributed by atoms with E-state index >= 15 is 0 Å². The van der Waals surface area contributed by atoms with Gasteiger partial charge in [0.15, 0.2) is 0 Å². The van der Waals surface area contributed by atoms with Crippen molar-refractivity contribution >= 4 is 5.69 Å². The van der Waals surface area contributed by atoms with Crippen molar-refractivity contribution in [2.75, 3.05) is 5.73 Å². The van der Waals surface area contributed by atoms with Gasteiger partial charge in [0.1, 0.15) is 5.69 Å². The number of alkyl halides is 3. The van der Waals surface area contributed by atoms with Gasteiger partial charge in [-0.05, 0) is 24.6 Å². The number of pyridine rings is 2. The number of halogens is 3. The van der Waals surface area contributed by atoms with Crippen LogP contribution in [0.5, 0.6) is 0 Å². The van der Waals surface area contributed by atoms with Crippen LogP contribution in [0.3, 0.4) is 0 Å². The molecule has 0 saturated heterocycles. The van der Waals surface area contributed by atoms with Gasteiger partial charge in [-0.2, -0.15) is 18.4 Å². The number of hydrogen-bond acceptors (Lipinski definition) is 4. The van der Waals surface area contributed by atoms with Crippen LogP contribution >= 0.6 is 0 Å². The molecule has 2 N–H and O–H groups in total. The number of rotatable bonds is 2. The summed E-state index contributed by atoms with van der Waals surface area (Å²) < 4.78 is 37.5. The van der Waals surface area contributed by atoms with Crippen molar-refractivity contribution in [2.45, 2.75) is 19.0 Å². The Morgan fingerprint density at radius 2 is 1.95 bits per heavy atom. The predicted octanol–water partition coefficient (Wildman–Crippen LogP) is 3.04. The maximum Gasteiger partial charge on any atom is 0.433 e. The van der Waals surface area contributed by atoms with E-state index in [4.69, 9.17) is 5.73 Å². The molecule has 0 saturated carbocycles. The van der Waals surface area contributed by atoms with Gasteiger partial charge in [-0.3, -0.25) is 9.97 Å². The van der Waals surface area contributed by atoms with Crippen molar-refractivity contribution in [1.29, 1.82) is 5.26 Å². The maximum absolute atomic E-state index is 12.5. The molecule has 1 atom stereocenters. The van der Waals surface area contributed by atoms with E-state index in [9.17, 15) is 18.4 Å².